The van der Waals surface area contributed by atoms with Gasteiger partial charge in [0.15, 0.2) is 4.80 Å². The van der Waals surface area contributed by atoms with Crippen molar-refractivity contribution in [2.45, 2.75) is 25.6 Å². The third kappa shape index (κ3) is 2.38. The van der Waals surface area contributed by atoms with Gasteiger partial charge in [0.05, 0.1) is 10.6 Å². The number of carbonyl (C=O) groups excluding carboxylic acids is 1. The van der Waals surface area contributed by atoms with Crippen molar-refractivity contribution in [2.24, 2.45) is 10.9 Å². The van der Waals surface area contributed by atoms with Crippen LogP contribution in [0.4, 0.5) is 0 Å². The first-order valence-electron chi connectivity index (χ1n) is 8.63. The Morgan fingerprint density at radius 1 is 1.30 bits per heavy atom. The quantitative estimate of drug-likeness (QED) is 0.668. The van der Waals surface area contributed by atoms with Gasteiger partial charge in [0.2, 0.25) is 5.72 Å². The molecule has 2 bridgehead atoms. The average molecular weight is 396 g/mol. The van der Waals surface area contributed by atoms with E-state index in [1.54, 1.807) is 22.8 Å². The molecule has 0 fully saturated rings. The van der Waals surface area contributed by atoms with Crippen LogP contribution >= 0.6 is 22.7 Å². The molecule has 0 amide bonds. The van der Waals surface area contributed by atoms with Gasteiger partial charge >= 0.3 is 0 Å². The van der Waals surface area contributed by atoms with Crippen LogP contribution in [0.1, 0.15) is 30.3 Å². The summed E-state index contributed by atoms with van der Waals surface area (Å²) in [7, 11) is 0. The van der Waals surface area contributed by atoms with Crippen molar-refractivity contribution in [3.05, 3.63) is 71.9 Å². The van der Waals surface area contributed by atoms with E-state index in [9.17, 15) is 9.59 Å². The Labute approximate surface area is 162 Å². The van der Waals surface area contributed by atoms with Crippen LogP contribution in [0.2, 0.25) is 0 Å². The van der Waals surface area contributed by atoms with Gasteiger partial charge in [-0.15, -0.1) is 11.3 Å². The lowest BCUT2D eigenvalue weighted by Gasteiger charge is -2.45. The molecule has 136 valence electrons. The van der Waals surface area contributed by atoms with E-state index >= 15 is 0 Å². The van der Waals surface area contributed by atoms with Crippen LogP contribution in [0, 0.1) is 5.92 Å². The average Bonchev–Trinajstić information content (AvgIpc) is 3.22. The van der Waals surface area contributed by atoms with Crippen molar-refractivity contribution in [2.75, 3.05) is 0 Å². The largest absolute Gasteiger partial charge is 0.465 e. The highest BCUT2D eigenvalue weighted by Gasteiger charge is 2.53. The third-order valence-corrected chi connectivity index (χ3v) is 6.94. The second kappa shape index (κ2) is 5.74. The number of benzene rings is 1. The molecular weight excluding hydrogens is 380 g/mol. The Balaban J connectivity index is 1.85. The fourth-order valence-corrected chi connectivity index (χ4v) is 5.88. The van der Waals surface area contributed by atoms with Crippen LogP contribution in [0.5, 0.6) is 5.75 Å². The molecule has 27 heavy (non-hydrogen) atoms. The van der Waals surface area contributed by atoms with Crippen LogP contribution in [-0.4, -0.2) is 16.1 Å². The zero-order valence-electron chi connectivity index (χ0n) is 14.7. The number of carbonyl (C=O) groups is 1. The number of rotatable bonds is 2. The number of nitrogens with zero attached hydrogens (tertiary/aromatic N) is 2. The van der Waals surface area contributed by atoms with E-state index in [1.165, 1.54) is 11.3 Å². The van der Waals surface area contributed by atoms with E-state index < -0.39 is 17.7 Å². The van der Waals surface area contributed by atoms with Gasteiger partial charge < -0.3 is 4.74 Å². The molecule has 0 aliphatic carbocycles. The molecule has 0 spiro atoms. The molecule has 4 heterocycles. The van der Waals surface area contributed by atoms with Gasteiger partial charge in [-0.05, 0) is 37.4 Å². The number of thiophene rings is 1. The van der Waals surface area contributed by atoms with Crippen molar-refractivity contribution < 1.29 is 9.53 Å². The van der Waals surface area contributed by atoms with E-state index in [0.29, 0.717) is 15.1 Å². The smallest absolute Gasteiger partial charge is 0.270 e. The number of ketones is 1. The summed E-state index contributed by atoms with van der Waals surface area (Å²) in [4.78, 5) is 32.2. The molecule has 5 nitrogen and oxygen atoms in total. The van der Waals surface area contributed by atoms with Gasteiger partial charge in [0, 0.05) is 10.4 Å². The molecule has 0 radical (unpaired) electrons. The minimum atomic E-state index is -1.01. The van der Waals surface area contributed by atoms with E-state index in [0.717, 1.165) is 10.4 Å². The van der Waals surface area contributed by atoms with E-state index in [2.05, 4.69) is 0 Å². The van der Waals surface area contributed by atoms with Gasteiger partial charge in [-0.3, -0.25) is 14.2 Å². The maximum Gasteiger partial charge on any atom is 0.270 e. The maximum atomic E-state index is 13.3. The second-order valence-electron chi connectivity index (χ2n) is 6.92. The topological polar surface area (TPSA) is 60.7 Å². The van der Waals surface area contributed by atoms with Crippen LogP contribution in [0.25, 0.3) is 6.08 Å². The lowest BCUT2D eigenvalue weighted by atomic mass is 9.79. The summed E-state index contributed by atoms with van der Waals surface area (Å²) >= 11 is 2.93. The van der Waals surface area contributed by atoms with Crippen LogP contribution in [0.3, 0.4) is 0 Å². The van der Waals surface area contributed by atoms with Crippen molar-refractivity contribution >= 4 is 34.5 Å². The van der Waals surface area contributed by atoms with Crippen molar-refractivity contribution in [3.63, 3.8) is 0 Å². The molecule has 3 atom stereocenters. The molecule has 2 aromatic heterocycles. The van der Waals surface area contributed by atoms with E-state index in [-0.39, 0.29) is 11.3 Å². The fraction of sp³-hybridized carbons (Fsp3) is 0.250. The van der Waals surface area contributed by atoms with Crippen molar-refractivity contribution in [1.82, 2.24) is 4.57 Å². The maximum absolute atomic E-state index is 13.3. The fourth-order valence-electron chi connectivity index (χ4n) is 4.06. The zero-order chi connectivity index (χ0) is 18.8. The predicted molar refractivity (Wildman–Crippen MR) is 105 cm³/mol. The van der Waals surface area contributed by atoms with Crippen molar-refractivity contribution in [1.29, 1.82) is 0 Å². The molecule has 3 unspecified atom stereocenters. The van der Waals surface area contributed by atoms with E-state index in [1.807, 2.05) is 54.8 Å². The van der Waals surface area contributed by atoms with Crippen molar-refractivity contribution in [3.8, 4) is 5.75 Å². The van der Waals surface area contributed by atoms with Gasteiger partial charge in [-0.25, -0.2) is 4.99 Å². The Bertz CT molecular complexity index is 1240. The molecule has 2 aliphatic rings. The minimum absolute atomic E-state index is 0.0340. The number of hydrogen-bond donors (Lipinski definition) is 0. The Kier molecular flexibility index (Phi) is 3.54. The third-order valence-electron chi connectivity index (χ3n) is 5.13. The molecular formula is C20H16N2O3S2. The highest BCUT2D eigenvalue weighted by Crippen LogP contribution is 2.47. The summed E-state index contributed by atoms with van der Waals surface area (Å²) in [5.41, 5.74) is -0.265. The number of ether oxygens (including phenoxy) is 1. The van der Waals surface area contributed by atoms with Gasteiger partial charge in [0.25, 0.3) is 5.56 Å². The molecule has 5 rings (SSSR count). The van der Waals surface area contributed by atoms with E-state index in [4.69, 9.17) is 9.73 Å². The first kappa shape index (κ1) is 16.6. The number of para-hydroxylation sites is 1. The van der Waals surface area contributed by atoms with Gasteiger partial charge in [0.1, 0.15) is 17.5 Å². The number of hydrogen-bond acceptors (Lipinski definition) is 6. The molecule has 3 aromatic rings. The Morgan fingerprint density at radius 3 is 2.85 bits per heavy atom. The van der Waals surface area contributed by atoms with Gasteiger partial charge in [-0.1, -0.05) is 35.6 Å². The second-order valence-corrected chi connectivity index (χ2v) is 8.91. The molecule has 0 saturated heterocycles. The monoisotopic (exact) mass is 396 g/mol. The van der Waals surface area contributed by atoms with Crippen LogP contribution < -0.4 is 19.6 Å². The molecule has 1 aromatic carbocycles. The summed E-state index contributed by atoms with van der Waals surface area (Å²) in [6, 6.07) is 11.1. The summed E-state index contributed by atoms with van der Waals surface area (Å²) in [6.45, 7) is 3.38. The lowest BCUT2D eigenvalue weighted by molar-refractivity contribution is -0.132. The highest BCUT2D eigenvalue weighted by molar-refractivity contribution is 7.11. The van der Waals surface area contributed by atoms with Crippen LogP contribution in [-0.2, 0) is 4.79 Å². The standard InChI is InChI=1S/C20H16N2O3S2/c1-11(23)16-17-13-7-3-4-8-14(13)25-20(16,2)21-19-22(17)18(24)15(27-19)10-12-6-5-9-26-12/h3-10,16-17H,1-2H3. The molecule has 0 N–H and O–H groups in total. The summed E-state index contributed by atoms with van der Waals surface area (Å²) in [6.07, 6.45) is 1.89. The number of Topliss-reactive ketones (excluding diaryl/α,β-unsaturated/α-hetero) is 1. The zero-order valence-corrected chi connectivity index (χ0v) is 16.3. The first-order valence-corrected chi connectivity index (χ1v) is 10.3. The molecule has 0 saturated carbocycles. The molecule has 2 aliphatic heterocycles. The minimum Gasteiger partial charge on any atom is -0.465 e. The lowest BCUT2D eigenvalue weighted by Crippen LogP contribution is -2.58. The first-order chi connectivity index (χ1) is 13.0. The van der Waals surface area contributed by atoms with Crippen LogP contribution in [0.15, 0.2) is 51.6 Å². The summed E-state index contributed by atoms with van der Waals surface area (Å²) in [5.74, 6) is 0.105. The number of thiazole rings is 1. The number of aromatic nitrogens is 1. The highest BCUT2D eigenvalue weighted by atomic mass is 32.1. The SMILES string of the molecule is CC(=O)C1C2c3ccccc3OC1(C)N=c1sc(=Cc3cccs3)c(=O)n12. The molecule has 7 heteroatoms. The van der Waals surface area contributed by atoms with Gasteiger partial charge in [-0.2, -0.15) is 0 Å². The normalized spacial score (nSPS) is 25.9. The summed E-state index contributed by atoms with van der Waals surface area (Å²) in [5, 5.41) is 1.98. The Morgan fingerprint density at radius 2 is 2.11 bits per heavy atom. The Hall–Kier alpha value is -2.51. The predicted octanol–water partition coefficient (Wildman–Crippen LogP) is 2.34. The number of fused-ring (bicyclic) bond motifs is 6. The summed E-state index contributed by atoms with van der Waals surface area (Å²) < 4.78 is 8.47.